The molecule has 0 amide bonds. The zero-order valence-electron chi connectivity index (χ0n) is 11.9. The van der Waals surface area contributed by atoms with E-state index >= 15 is 0 Å². The molecule has 0 spiro atoms. The Labute approximate surface area is 111 Å². The van der Waals surface area contributed by atoms with Gasteiger partial charge < -0.3 is 9.73 Å². The second-order valence-electron chi connectivity index (χ2n) is 5.88. The molecule has 1 aliphatic carbocycles. The van der Waals surface area contributed by atoms with Crippen LogP contribution in [0.15, 0.2) is 22.8 Å². The molecule has 0 aliphatic heterocycles. The van der Waals surface area contributed by atoms with Crippen LogP contribution in [0.5, 0.6) is 0 Å². The third kappa shape index (κ3) is 4.14. The fourth-order valence-corrected chi connectivity index (χ4v) is 2.33. The first-order valence-electron chi connectivity index (χ1n) is 7.15. The summed E-state index contributed by atoms with van der Waals surface area (Å²) in [6, 6.07) is 5.39. The molecule has 2 rings (SSSR count). The largest absolute Gasteiger partial charge is 0.468 e. The molecule has 1 saturated carbocycles. The molecular formula is C15H26N2O. The molecule has 18 heavy (non-hydrogen) atoms. The number of nitrogens with zero attached hydrogens (tertiary/aromatic N) is 1. The Kier molecular flexibility index (Phi) is 4.84. The van der Waals surface area contributed by atoms with Crippen molar-refractivity contribution in [2.75, 3.05) is 13.1 Å². The van der Waals surface area contributed by atoms with Gasteiger partial charge in [0.15, 0.2) is 0 Å². The summed E-state index contributed by atoms with van der Waals surface area (Å²) >= 11 is 0. The van der Waals surface area contributed by atoms with E-state index in [1.807, 2.05) is 6.07 Å². The van der Waals surface area contributed by atoms with Gasteiger partial charge in [-0.1, -0.05) is 13.8 Å². The van der Waals surface area contributed by atoms with Crippen molar-refractivity contribution in [1.29, 1.82) is 0 Å². The Hall–Kier alpha value is -0.800. The molecule has 1 aromatic heterocycles. The van der Waals surface area contributed by atoms with Crippen LogP contribution in [0, 0.1) is 5.92 Å². The molecule has 0 saturated heterocycles. The zero-order valence-corrected chi connectivity index (χ0v) is 11.9. The second kappa shape index (κ2) is 6.39. The molecule has 102 valence electrons. The molecule has 1 unspecified atom stereocenters. The molecular weight excluding hydrogens is 224 g/mol. The van der Waals surface area contributed by atoms with Gasteiger partial charge in [-0.25, -0.2) is 0 Å². The Morgan fingerprint density at radius 1 is 1.33 bits per heavy atom. The number of hydrogen-bond acceptors (Lipinski definition) is 3. The Bertz CT molecular complexity index is 330. The molecule has 1 aromatic rings. The quantitative estimate of drug-likeness (QED) is 0.769. The number of furan rings is 1. The summed E-state index contributed by atoms with van der Waals surface area (Å²) in [6.07, 6.45) is 4.45. The van der Waals surface area contributed by atoms with E-state index in [0.29, 0.717) is 6.04 Å². The fourth-order valence-electron chi connectivity index (χ4n) is 2.33. The van der Waals surface area contributed by atoms with Crippen LogP contribution in [-0.4, -0.2) is 30.1 Å². The van der Waals surface area contributed by atoms with E-state index in [2.05, 4.69) is 37.1 Å². The summed E-state index contributed by atoms with van der Waals surface area (Å²) in [4.78, 5) is 2.58. The van der Waals surface area contributed by atoms with Gasteiger partial charge in [0, 0.05) is 18.6 Å². The summed E-state index contributed by atoms with van der Waals surface area (Å²) < 4.78 is 5.47. The van der Waals surface area contributed by atoms with Gasteiger partial charge >= 0.3 is 0 Å². The number of hydrogen-bond donors (Lipinski definition) is 1. The molecule has 1 N–H and O–H groups in total. The van der Waals surface area contributed by atoms with Crippen molar-refractivity contribution in [2.45, 2.75) is 52.2 Å². The fraction of sp³-hybridized carbons (Fsp3) is 0.733. The van der Waals surface area contributed by atoms with E-state index in [0.717, 1.165) is 37.4 Å². The van der Waals surface area contributed by atoms with Gasteiger partial charge in [-0.15, -0.1) is 0 Å². The first-order chi connectivity index (χ1) is 8.66. The maximum atomic E-state index is 5.47. The van der Waals surface area contributed by atoms with Gasteiger partial charge in [0.05, 0.1) is 12.8 Å². The van der Waals surface area contributed by atoms with Crippen LogP contribution in [0.2, 0.25) is 0 Å². The maximum Gasteiger partial charge on any atom is 0.117 e. The Balaban J connectivity index is 1.81. The monoisotopic (exact) mass is 250 g/mol. The minimum absolute atomic E-state index is 0.571. The molecule has 1 heterocycles. The first kappa shape index (κ1) is 13.6. The van der Waals surface area contributed by atoms with Crippen LogP contribution in [0.1, 0.15) is 39.4 Å². The molecule has 1 fully saturated rings. The van der Waals surface area contributed by atoms with Gasteiger partial charge in [0.2, 0.25) is 0 Å². The highest BCUT2D eigenvalue weighted by Crippen LogP contribution is 2.30. The standard InChI is InChI=1S/C15H26N2O/c1-12(2)9-16-10-13(3)17(14-6-7-14)11-15-5-4-8-18-15/h4-5,8,12-14,16H,6-7,9-11H2,1-3H3. The maximum absolute atomic E-state index is 5.47. The summed E-state index contributed by atoms with van der Waals surface area (Å²) in [7, 11) is 0. The normalized spacial score (nSPS) is 17.6. The smallest absolute Gasteiger partial charge is 0.117 e. The molecule has 0 bridgehead atoms. The van der Waals surface area contributed by atoms with E-state index in [1.54, 1.807) is 6.26 Å². The van der Waals surface area contributed by atoms with Crippen LogP contribution in [0.3, 0.4) is 0 Å². The van der Waals surface area contributed by atoms with Gasteiger partial charge in [-0.05, 0) is 44.4 Å². The molecule has 0 aromatic carbocycles. The van der Waals surface area contributed by atoms with Crippen LogP contribution in [0.4, 0.5) is 0 Å². The average Bonchev–Trinajstić information content (AvgIpc) is 3.02. The highest BCUT2D eigenvalue weighted by Gasteiger charge is 2.32. The lowest BCUT2D eigenvalue weighted by atomic mass is 10.2. The van der Waals surface area contributed by atoms with Crippen LogP contribution in [0.25, 0.3) is 0 Å². The van der Waals surface area contributed by atoms with E-state index in [1.165, 1.54) is 12.8 Å². The van der Waals surface area contributed by atoms with Crippen molar-refractivity contribution >= 4 is 0 Å². The molecule has 1 aliphatic rings. The Morgan fingerprint density at radius 2 is 2.11 bits per heavy atom. The van der Waals surface area contributed by atoms with Crippen molar-refractivity contribution in [3.63, 3.8) is 0 Å². The summed E-state index contributed by atoms with van der Waals surface area (Å²) in [5.74, 6) is 1.80. The highest BCUT2D eigenvalue weighted by atomic mass is 16.3. The second-order valence-corrected chi connectivity index (χ2v) is 5.88. The van der Waals surface area contributed by atoms with Crippen molar-refractivity contribution in [3.05, 3.63) is 24.2 Å². The van der Waals surface area contributed by atoms with Gasteiger partial charge in [-0.2, -0.15) is 0 Å². The van der Waals surface area contributed by atoms with Crippen LogP contribution in [-0.2, 0) is 6.54 Å². The molecule has 3 heteroatoms. The van der Waals surface area contributed by atoms with Crippen molar-refractivity contribution in [1.82, 2.24) is 10.2 Å². The third-order valence-corrected chi connectivity index (χ3v) is 3.49. The number of rotatable bonds is 8. The number of nitrogens with one attached hydrogen (secondary N) is 1. The van der Waals surface area contributed by atoms with Crippen molar-refractivity contribution in [2.24, 2.45) is 5.92 Å². The predicted octanol–water partition coefficient (Wildman–Crippen LogP) is 2.88. The van der Waals surface area contributed by atoms with Gasteiger partial charge in [0.1, 0.15) is 5.76 Å². The lowest BCUT2D eigenvalue weighted by molar-refractivity contribution is 0.171. The van der Waals surface area contributed by atoms with Crippen LogP contribution < -0.4 is 5.32 Å². The minimum Gasteiger partial charge on any atom is -0.468 e. The summed E-state index contributed by atoms with van der Waals surface area (Å²) in [5.41, 5.74) is 0. The van der Waals surface area contributed by atoms with E-state index in [9.17, 15) is 0 Å². The highest BCUT2D eigenvalue weighted by molar-refractivity contribution is 5.00. The summed E-state index contributed by atoms with van der Waals surface area (Å²) in [6.45, 7) is 9.92. The van der Waals surface area contributed by atoms with E-state index in [-0.39, 0.29) is 0 Å². The lowest BCUT2D eigenvalue weighted by Gasteiger charge is -2.28. The summed E-state index contributed by atoms with van der Waals surface area (Å²) in [5, 5.41) is 3.56. The SMILES string of the molecule is CC(C)CNCC(C)N(Cc1ccco1)C1CC1. The van der Waals surface area contributed by atoms with Crippen molar-refractivity contribution in [3.8, 4) is 0 Å². The average molecular weight is 250 g/mol. The zero-order chi connectivity index (χ0) is 13.0. The van der Waals surface area contributed by atoms with E-state index in [4.69, 9.17) is 4.42 Å². The molecule has 0 radical (unpaired) electrons. The third-order valence-electron chi connectivity index (χ3n) is 3.49. The van der Waals surface area contributed by atoms with E-state index < -0.39 is 0 Å². The van der Waals surface area contributed by atoms with Gasteiger partial charge in [-0.3, -0.25) is 4.90 Å². The lowest BCUT2D eigenvalue weighted by Crippen LogP contribution is -2.42. The minimum atomic E-state index is 0.571. The van der Waals surface area contributed by atoms with Crippen molar-refractivity contribution < 1.29 is 4.42 Å². The van der Waals surface area contributed by atoms with Gasteiger partial charge in [0.25, 0.3) is 0 Å². The topological polar surface area (TPSA) is 28.4 Å². The molecule has 3 nitrogen and oxygen atoms in total. The Morgan fingerprint density at radius 3 is 2.67 bits per heavy atom. The van der Waals surface area contributed by atoms with Crippen LogP contribution >= 0.6 is 0 Å². The first-order valence-corrected chi connectivity index (χ1v) is 7.15. The predicted molar refractivity (Wildman–Crippen MR) is 74.4 cm³/mol. The molecule has 1 atom stereocenters.